The van der Waals surface area contributed by atoms with E-state index in [2.05, 4.69) is 53.0 Å². The lowest BCUT2D eigenvalue weighted by molar-refractivity contribution is -0.167. The van der Waals surface area contributed by atoms with Crippen LogP contribution in [0.1, 0.15) is 169 Å². The molecule has 5 aliphatic carbocycles. The highest BCUT2D eigenvalue weighted by Gasteiger charge is 2.63. The molecule has 0 aromatic heterocycles. The maximum Gasteiger partial charge on any atom is 0.397 e. The Morgan fingerprint density at radius 1 is 0.805 bits per heavy atom. The zero-order chi connectivity index (χ0) is 55.2. The summed E-state index contributed by atoms with van der Waals surface area (Å²) in [6, 6.07) is 6.82. The van der Waals surface area contributed by atoms with Crippen molar-refractivity contribution in [3.63, 3.8) is 0 Å². The number of aliphatic hydroxyl groups excluding tert-OH is 1. The van der Waals surface area contributed by atoms with Gasteiger partial charge in [0, 0.05) is 31.7 Å². The average molecular weight is 1100 g/mol. The number of carbonyl (C=O) groups excluding carboxylic acids is 2. The van der Waals surface area contributed by atoms with Crippen molar-refractivity contribution in [2.45, 2.75) is 206 Å². The molecular formula is C60H103N5O11S. The monoisotopic (exact) mass is 1100 g/mol. The number of rotatable bonds is 31. The fourth-order valence-corrected chi connectivity index (χ4v) is 16.6. The molecule has 17 heteroatoms. The molecule has 6 aliphatic rings. The molecule has 0 bridgehead atoms. The smallest absolute Gasteiger partial charge is 0.397 e. The Hall–Kier alpha value is -2.61. The minimum atomic E-state index is -4.49. The second-order valence-electron chi connectivity index (χ2n) is 25.3. The summed E-state index contributed by atoms with van der Waals surface area (Å²) in [7, 11) is -1.20. The Balaban J connectivity index is 0.678. The van der Waals surface area contributed by atoms with E-state index in [9.17, 15) is 27.7 Å². The van der Waals surface area contributed by atoms with Crippen molar-refractivity contribution in [1.82, 2.24) is 26.2 Å². The van der Waals surface area contributed by atoms with Crippen LogP contribution in [0, 0.1) is 52.3 Å². The Bertz CT molecular complexity index is 2100. The highest BCUT2D eigenvalue weighted by molar-refractivity contribution is 7.80. The molecule has 77 heavy (non-hydrogen) atoms. The third kappa shape index (κ3) is 17.0. The van der Waals surface area contributed by atoms with Gasteiger partial charge in [0.2, 0.25) is 5.91 Å². The largest absolute Gasteiger partial charge is 0.493 e. The number of nitrogens with zero attached hydrogens (tertiary/aromatic N) is 1. The van der Waals surface area contributed by atoms with E-state index < -0.39 is 22.5 Å². The lowest BCUT2D eigenvalue weighted by Gasteiger charge is -2.62. The number of carbonyl (C=O) groups is 2. The van der Waals surface area contributed by atoms with E-state index in [-0.39, 0.29) is 47.4 Å². The first-order chi connectivity index (χ1) is 36.9. The fraction of sp³-hybridized carbons (Fsp3) is 0.867. The van der Waals surface area contributed by atoms with Crippen LogP contribution in [-0.4, -0.2) is 145 Å². The first-order valence-corrected chi connectivity index (χ1v) is 31.8. The number of esters is 1. The molecule has 1 saturated heterocycles. The van der Waals surface area contributed by atoms with E-state index in [1.54, 1.807) is 14.2 Å². The SMILES string of the molecule is COc1ccc(CCO[C@@H]2CCCC[C@H]2N2CC[C@@H](OC(=O)CC(=O)NCCCNCCCCNCCCN[C@H]3CC[C@@]4(C)[C@H](C3)C[C@@H](O)[C@@H]3[C@@H]4CC[C@]4(C)[C@@H]([C@H](C)CC[C@@H](OS(=O)(=O)O)C(C)C)CC[C@@H]34)C2)cc1OC. The van der Waals surface area contributed by atoms with Gasteiger partial charge in [-0.2, -0.15) is 8.42 Å². The summed E-state index contributed by atoms with van der Waals surface area (Å²) in [4.78, 5) is 27.7. The molecule has 6 fully saturated rings. The highest BCUT2D eigenvalue weighted by Crippen LogP contribution is 2.68. The zero-order valence-corrected chi connectivity index (χ0v) is 49.2. The van der Waals surface area contributed by atoms with Gasteiger partial charge < -0.3 is 45.3 Å². The third-order valence-electron chi connectivity index (χ3n) is 20.2. The molecule has 0 radical (unpaired) electrons. The lowest BCUT2D eigenvalue weighted by Crippen LogP contribution is -2.59. The molecule has 1 amide bonds. The summed E-state index contributed by atoms with van der Waals surface area (Å²) < 4.78 is 60.6. The fourth-order valence-electron chi connectivity index (χ4n) is 16.0. The topological polar surface area (TPSA) is 206 Å². The predicted octanol–water partition coefficient (Wildman–Crippen LogP) is 8.29. The quantitative estimate of drug-likeness (QED) is 0.0179. The van der Waals surface area contributed by atoms with Gasteiger partial charge in [0.1, 0.15) is 12.5 Å². The minimum Gasteiger partial charge on any atom is -0.493 e. The number of ether oxygens (including phenoxy) is 4. The number of likely N-dealkylation sites (tertiary alicyclic amines) is 1. The summed E-state index contributed by atoms with van der Waals surface area (Å²) >= 11 is 0. The van der Waals surface area contributed by atoms with Crippen LogP contribution < -0.4 is 30.7 Å². The van der Waals surface area contributed by atoms with Gasteiger partial charge in [-0.1, -0.05) is 53.5 Å². The number of aliphatic hydroxyl groups is 1. The van der Waals surface area contributed by atoms with E-state index >= 15 is 0 Å². The Morgan fingerprint density at radius 2 is 1.51 bits per heavy atom. The van der Waals surface area contributed by atoms with Crippen LogP contribution in [0.5, 0.6) is 11.5 Å². The summed E-state index contributed by atoms with van der Waals surface area (Å²) in [5, 5.41) is 25.9. The molecule has 440 valence electrons. The first kappa shape index (κ1) is 62.0. The number of unbranched alkanes of at least 4 members (excludes halogenated alkanes) is 1. The van der Waals surface area contributed by atoms with Crippen LogP contribution in [0.25, 0.3) is 0 Å². The number of hydrogen-bond acceptors (Lipinski definition) is 14. The molecular weight excluding hydrogens is 999 g/mol. The van der Waals surface area contributed by atoms with Gasteiger partial charge in [-0.05, 0) is 218 Å². The van der Waals surface area contributed by atoms with Crippen LogP contribution >= 0.6 is 0 Å². The van der Waals surface area contributed by atoms with Crippen LogP contribution in [0.4, 0.5) is 0 Å². The van der Waals surface area contributed by atoms with Crippen LogP contribution in [-0.2, 0) is 40.1 Å². The number of benzene rings is 1. The van der Waals surface area contributed by atoms with Gasteiger partial charge in [-0.15, -0.1) is 0 Å². The first-order valence-electron chi connectivity index (χ1n) is 30.4. The molecule has 1 heterocycles. The van der Waals surface area contributed by atoms with Gasteiger partial charge >= 0.3 is 16.4 Å². The number of methoxy groups -OCH3 is 2. The van der Waals surface area contributed by atoms with Crippen molar-refractivity contribution < 1.29 is 50.8 Å². The molecule has 0 unspecified atom stereocenters. The van der Waals surface area contributed by atoms with Crippen LogP contribution in [0.2, 0.25) is 0 Å². The summed E-state index contributed by atoms with van der Waals surface area (Å²) in [5.74, 6) is 3.68. The van der Waals surface area contributed by atoms with Gasteiger partial charge in [0.25, 0.3) is 0 Å². The number of nitrogens with one attached hydrogen (secondary N) is 4. The molecule has 14 atom stereocenters. The van der Waals surface area contributed by atoms with E-state index in [0.717, 1.165) is 133 Å². The molecule has 0 spiro atoms. The summed E-state index contributed by atoms with van der Waals surface area (Å²) in [6.45, 7) is 18.7. The minimum absolute atomic E-state index is 0.00694. The second kappa shape index (κ2) is 29.4. The third-order valence-corrected chi connectivity index (χ3v) is 20.7. The normalized spacial score (nSPS) is 32.2. The van der Waals surface area contributed by atoms with Crippen molar-refractivity contribution in [2.75, 3.05) is 73.2 Å². The molecule has 16 nitrogen and oxygen atoms in total. The van der Waals surface area contributed by atoms with E-state index in [0.29, 0.717) is 73.7 Å². The van der Waals surface area contributed by atoms with Gasteiger partial charge in [-0.3, -0.25) is 19.0 Å². The molecule has 1 aliphatic heterocycles. The number of fused-ring (bicyclic) bond motifs is 5. The standard InChI is InChI=1S/C60H103N5O11S/c1-41(2)52(76-77(69,70)71)20-16-42(3)47-18-19-48-58-49(23-27-60(47,48)5)59(4)26-22-45(37-44(59)38-51(58)66)63-32-12-30-61-28-10-11-29-62-31-13-33-64-56(67)39-57(68)75-46-24-34-65(40-46)50-14-8-9-15-53(50)74-35-25-43-17-21-54(72-6)55(36-43)73-7/h17,21,36,41-42,44-53,58,61-63,66H,8-16,18-20,22-35,37-40H2,1-7H3,(H,64,67)(H,69,70,71)/t42-,44-,45+,46-,47-,48+,49+,50-,51-,52-,53-,58+,59+,60-/m1/s1. The highest BCUT2D eigenvalue weighted by atomic mass is 32.3. The summed E-state index contributed by atoms with van der Waals surface area (Å²) in [5.41, 5.74) is 1.61. The van der Waals surface area contributed by atoms with Crippen molar-refractivity contribution in [2.24, 2.45) is 52.3 Å². The van der Waals surface area contributed by atoms with Crippen molar-refractivity contribution >= 4 is 22.3 Å². The Morgan fingerprint density at radius 3 is 2.23 bits per heavy atom. The molecule has 6 N–H and O–H groups in total. The van der Waals surface area contributed by atoms with Crippen LogP contribution in [0.15, 0.2) is 18.2 Å². The zero-order valence-electron chi connectivity index (χ0n) is 48.4. The average Bonchev–Trinajstić information content (AvgIpc) is 4.12. The molecule has 1 aromatic rings. The van der Waals surface area contributed by atoms with Gasteiger partial charge in [0.15, 0.2) is 11.5 Å². The number of hydrogen-bond donors (Lipinski definition) is 6. The second-order valence-corrected chi connectivity index (χ2v) is 26.4. The Kier molecular flexibility index (Phi) is 23.7. The Labute approximate surface area is 464 Å². The van der Waals surface area contributed by atoms with E-state index in [4.69, 9.17) is 23.1 Å². The number of amides is 1. The predicted molar refractivity (Wildman–Crippen MR) is 301 cm³/mol. The van der Waals surface area contributed by atoms with Crippen LogP contribution in [0.3, 0.4) is 0 Å². The lowest BCUT2D eigenvalue weighted by atomic mass is 9.43. The van der Waals surface area contributed by atoms with Gasteiger partial charge in [-0.25, -0.2) is 4.18 Å². The van der Waals surface area contributed by atoms with E-state index in [1.165, 1.54) is 44.9 Å². The molecule has 7 rings (SSSR count). The van der Waals surface area contributed by atoms with Crippen molar-refractivity contribution in [1.29, 1.82) is 0 Å². The van der Waals surface area contributed by atoms with E-state index in [1.807, 2.05) is 26.0 Å². The van der Waals surface area contributed by atoms with Crippen molar-refractivity contribution in [3.8, 4) is 11.5 Å². The summed E-state index contributed by atoms with van der Waals surface area (Å²) in [6.07, 6.45) is 19.8. The molecule has 1 aromatic carbocycles. The van der Waals surface area contributed by atoms with Crippen molar-refractivity contribution in [3.05, 3.63) is 23.8 Å². The maximum atomic E-state index is 12.7. The van der Waals surface area contributed by atoms with Gasteiger partial charge in [0.05, 0.1) is 39.1 Å². The molecule has 5 saturated carbocycles. The maximum absolute atomic E-state index is 12.7.